The molecule has 2 N–H and O–H groups in total. The van der Waals surface area contributed by atoms with Crippen LogP contribution in [0.15, 0.2) is 46.1 Å². The van der Waals surface area contributed by atoms with Crippen molar-refractivity contribution in [3.05, 3.63) is 58.1 Å². The highest BCUT2D eigenvalue weighted by Crippen LogP contribution is 2.47. The van der Waals surface area contributed by atoms with E-state index in [1.54, 1.807) is 24.3 Å². The molecule has 2 amide bonds. The minimum Gasteiger partial charge on any atom is -0.435 e. The Morgan fingerprint density at radius 3 is 2.76 bits per heavy atom. The van der Waals surface area contributed by atoms with Gasteiger partial charge in [-0.2, -0.15) is 15.5 Å². The number of hydrogen-bond donors (Lipinski definition) is 2. The number of benzene rings is 1. The van der Waals surface area contributed by atoms with Crippen molar-refractivity contribution in [2.45, 2.75) is 50.7 Å². The molecule has 1 fully saturated rings. The molecule has 1 aromatic carbocycles. The van der Waals surface area contributed by atoms with Crippen LogP contribution in [0.1, 0.15) is 55.1 Å². The summed E-state index contributed by atoms with van der Waals surface area (Å²) >= 11 is 3.27. The Labute approximate surface area is 203 Å². The van der Waals surface area contributed by atoms with Crippen LogP contribution >= 0.6 is 15.9 Å². The van der Waals surface area contributed by atoms with Gasteiger partial charge in [0.1, 0.15) is 11.5 Å². The van der Waals surface area contributed by atoms with Crippen molar-refractivity contribution >= 4 is 33.6 Å². The van der Waals surface area contributed by atoms with Gasteiger partial charge in [-0.05, 0) is 73.2 Å². The lowest BCUT2D eigenvalue weighted by molar-refractivity contribution is 0.00352. The first-order valence-corrected chi connectivity index (χ1v) is 11.6. The van der Waals surface area contributed by atoms with Gasteiger partial charge in [0.15, 0.2) is 11.3 Å². The number of rotatable bonds is 5. The summed E-state index contributed by atoms with van der Waals surface area (Å²) in [5, 5.41) is 24.6. The zero-order valence-corrected chi connectivity index (χ0v) is 19.9. The summed E-state index contributed by atoms with van der Waals surface area (Å²) in [6, 6.07) is 9.90. The predicted molar refractivity (Wildman–Crippen MR) is 123 cm³/mol. The average Bonchev–Trinajstić information content (AvgIpc) is 2.83. The molecule has 1 saturated carbocycles. The van der Waals surface area contributed by atoms with Crippen molar-refractivity contribution in [1.29, 1.82) is 5.26 Å². The van der Waals surface area contributed by atoms with Crippen LogP contribution in [0.4, 0.5) is 9.18 Å². The van der Waals surface area contributed by atoms with Gasteiger partial charge in [0.25, 0.3) is 5.91 Å². The van der Waals surface area contributed by atoms with Crippen LogP contribution in [-0.4, -0.2) is 39.6 Å². The molecular formula is C23H22BrFN6O3. The van der Waals surface area contributed by atoms with Gasteiger partial charge in [0.2, 0.25) is 0 Å². The fraction of sp³-hybridized carbons (Fsp3) is 0.391. The fourth-order valence-electron chi connectivity index (χ4n) is 4.63. The molecule has 9 nitrogen and oxygen atoms in total. The number of nitrogens with zero attached hydrogens (tertiary/aromatic N) is 4. The van der Waals surface area contributed by atoms with Gasteiger partial charge in [0, 0.05) is 17.8 Å². The zero-order chi connectivity index (χ0) is 24.3. The second-order valence-corrected chi connectivity index (χ2v) is 9.43. The largest absolute Gasteiger partial charge is 0.435 e. The summed E-state index contributed by atoms with van der Waals surface area (Å²) in [7, 11) is 0. The molecule has 0 radical (unpaired) electrons. The predicted octanol–water partition coefficient (Wildman–Crippen LogP) is 3.85. The summed E-state index contributed by atoms with van der Waals surface area (Å²) in [5.74, 6) is -0.819. The zero-order valence-electron chi connectivity index (χ0n) is 18.3. The Bertz CT molecular complexity index is 1170. The molecule has 11 heteroatoms. The van der Waals surface area contributed by atoms with E-state index in [4.69, 9.17) is 4.74 Å². The maximum Gasteiger partial charge on any atom is 0.428 e. The lowest BCUT2D eigenvalue weighted by Gasteiger charge is -2.45. The molecule has 1 aliphatic carbocycles. The number of aromatic nitrogens is 2. The maximum atomic E-state index is 14.2. The van der Waals surface area contributed by atoms with Crippen LogP contribution in [0.2, 0.25) is 0 Å². The fourth-order valence-corrected chi connectivity index (χ4v) is 5.09. The highest BCUT2D eigenvalue weighted by molar-refractivity contribution is 9.10. The van der Waals surface area contributed by atoms with Gasteiger partial charge in [-0.3, -0.25) is 4.79 Å². The molecule has 2 heterocycles. The molecule has 2 aromatic rings. The molecule has 0 saturated heterocycles. The normalized spacial score (nSPS) is 24.9. The number of hydrazone groups is 1. The number of halogens is 2. The number of carbonyl (C=O) groups excluding carboxylic acids is 2. The monoisotopic (exact) mass is 528 g/mol. The van der Waals surface area contributed by atoms with Crippen LogP contribution < -0.4 is 10.7 Å². The van der Waals surface area contributed by atoms with Crippen molar-refractivity contribution in [2.75, 3.05) is 0 Å². The standard InChI is InChI=1S/C23H22BrFN6O3/c1-14(28-20(32)17-6-3-11-27-29-17)12-22(13-26)7-9-23(10-8-22)19(30-31-21(33)34-23)15-4-2-5-16(25)18(15)24/h2-6,11,14H,7-10,12H2,1H3,(H,28,32)(H,31,33)/t14-,22?,23?/m0/s1. The number of nitriles is 1. The first kappa shape index (κ1) is 23.8. The summed E-state index contributed by atoms with van der Waals surface area (Å²) in [6.07, 6.45) is 2.69. The van der Waals surface area contributed by atoms with Crippen LogP contribution in [0, 0.1) is 22.6 Å². The van der Waals surface area contributed by atoms with Crippen molar-refractivity contribution in [3.8, 4) is 6.07 Å². The third-order valence-electron chi connectivity index (χ3n) is 6.32. The Kier molecular flexibility index (Phi) is 6.61. The minimum atomic E-state index is -1.08. The third-order valence-corrected chi connectivity index (χ3v) is 7.12. The molecule has 1 aliphatic heterocycles. The van der Waals surface area contributed by atoms with Crippen molar-refractivity contribution < 1.29 is 18.7 Å². The van der Waals surface area contributed by atoms with E-state index in [1.807, 2.05) is 6.92 Å². The quantitative estimate of drug-likeness (QED) is 0.606. The average molecular weight is 529 g/mol. The first-order valence-electron chi connectivity index (χ1n) is 10.8. The minimum absolute atomic E-state index is 0.200. The van der Waals surface area contributed by atoms with Crippen LogP contribution in [0.3, 0.4) is 0 Å². The number of nitrogens with one attached hydrogen (secondary N) is 2. The molecule has 1 aromatic heterocycles. The van der Waals surface area contributed by atoms with Crippen molar-refractivity contribution in [1.82, 2.24) is 20.9 Å². The molecule has 2 aliphatic rings. The second-order valence-electron chi connectivity index (χ2n) is 8.64. The molecular weight excluding hydrogens is 507 g/mol. The van der Waals surface area contributed by atoms with E-state index >= 15 is 0 Å². The molecule has 0 unspecified atom stereocenters. The van der Waals surface area contributed by atoms with Gasteiger partial charge in [-0.1, -0.05) is 12.1 Å². The molecule has 34 heavy (non-hydrogen) atoms. The van der Waals surface area contributed by atoms with E-state index in [9.17, 15) is 19.2 Å². The highest BCUT2D eigenvalue weighted by atomic mass is 79.9. The number of ether oxygens (including phenoxy) is 1. The summed E-state index contributed by atoms with van der Waals surface area (Å²) < 4.78 is 20.1. The van der Waals surface area contributed by atoms with Gasteiger partial charge in [-0.25, -0.2) is 14.6 Å². The van der Waals surface area contributed by atoms with E-state index in [0.29, 0.717) is 43.4 Å². The Morgan fingerprint density at radius 1 is 1.32 bits per heavy atom. The van der Waals surface area contributed by atoms with Crippen LogP contribution in [0.5, 0.6) is 0 Å². The van der Waals surface area contributed by atoms with E-state index in [-0.39, 0.29) is 22.1 Å². The molecule has 0 bridgehead atoms. The van der Waals surface area contributed by atoms with Gasteiger partial charge < -0.3 is 10.1 Å². The Hall–Kier alpha value is -3.39. The lowest BCUT2D eigenvalue weighted by atomic mass is 9.65. The molecule has 4 rings (SSSR count). The SMILES string of the molecule is C[C@@H](CC1(C#N)CCC2(CC1)OC(=O)NN=C2c1cccc(F)c1Br)NC(=O)c1cccnn1. The van der Waals surface area contributed by atoms with E-state index in [2.05, 4.69) is 48.0 Å². The van der Waals surface area contributed by atoms with Gasteiger partial charge in [-0.15, -0.1) is 5.10 Å². The van der Waals surface area contributed by atoms with Gasteiger partial charge >= 0.3 is 6.09 Å². The molecule has 1 spiro atoms. The van der Waals surface area contributed by atoms with Crippen molar-refractivity contribution in [3.63, 3.8) is 0 Å². The number of amides is 2. The molecule has 1 atom stereocenters. The number of carbonyl (C=O) groups is 2. The van der Waals surface area contributed by atoms with E-state index in [0.717, 1.165) is 0 Å². The summed E-state index contributed by atoms with van der Waals surface area (Å²) in [5.41, 5.74) is 1.59. The summed E-state index contributed by atoms with van der Waals surface area (Å²) in [6.45, 7) is 1.83. The first-order chi connectivity index (χ1) is 16.3. The lowest BCUT2D eigenvalue weighted by Crippen LogP contribution is -2.54. The summed E-state index contributed by atoms with van der Waals surface area (Å²) in [4.78, 5) is 24.5. The second kappa shape index (κ2) is 9.46. The van der Waals surface area contributed by atoms with E-state index in [1.165, 1.54) is 12.3 Å². The van der Waals surface area contributed by atoms with Crippen molar-refractivity contribution in [2.24, 2.45) is 10.5 Å². The van der Waals surface area contributed by atoms with Crippen LogP contribution in [0.25, 0.3) is 0 Å². The van der Waals surface area contributed by atoms with Gasteiger partial charge in [0.05, 0.1) is 16.0 Å². The Morgan fingerprint density at radius 2 is 2.09 bits per heavy atom. The Balaban J connectivity index is 1.51. The number of hydrogen-bond acceptors (Lipinski definition) is 7. The van der Waals surface area contributed by atoms with E-state index < -0.39 is 22.9 Å². The van der Waals surface area contributed by atoms with Crippen LogP contribution in [-0.2, 0) is 4.74 Å². The smallest absolute Gasteiger partial charge is 0.428 e. The topological polar surface area (TPSA) is 129 Å². The maximum absolute atomic E-state index is 14.2. The highest BCUT2D eigenvalue weighted by Gasteiger charge is 2.51. The third kappa shape index (κ3) is 4.63. The molecule has 176 valence electrons.